The number of nitrogen functional groups attached to an aromatic ring is 1. The molecule has 0 atom stereocenters. The number of amidine groups is 1. The molecule has 3 N–H and O–H groups in total. The van der Waals surface area contributed by atoms with Crippen molar-refractivity contribution < 1.29 is 0 Å². The number of hydrogen-bond donors (Lipinski definition) is 2. The van der Waals surface area contributed by atoms with Gasteiger partial charge in [-0.2, -0.15) is 0 Å². The monoisotopic (exact) mass is 218 g/mol. The molecule has 1 aromatic rings. The normalized spacial score (nSPS) is 15.6. The van der Waals surface area contributed by atoms with Gasteiger partial charge in [-0.1, -0.05) is 12.5 Å². The number of rotatable bonds is 4. The molecule has 0 aromatic carbocycles. The quantitative estimate of drug-likeness (QED) is 0.596. The lowest BCUT2D eigenvalue weighted by Gasteiger charge is -2.30. The Bertz CT molecular complexity index is 384. The molecule has 1 aliphatic carbocycles. The minimum atomic E-state index is 0.0268. The van der Waals surface area contributed by atoms with Gasteiger partial charge in [0.2, 0.25) is 0 Å². The molecule has 0 aliphatic heterocycles. The molecule has 0 unspecified atom stereocenters. The van der Waals surface area contributed by atoms with Gasteiger partial charge in [0.1, 0.15) is 17.3 Å². The summed E-state index contributed by atoms with van der Waals surface area (Å²) in [7, 11) is 2.05. The molecule has 0 spiro atoms. The van der Waals surface area contributed by atoms with Gasteiger partial charge in [0, 0.05) is 13.6 Å². The van der Waals surface area contributed by atoms with Crippen LogP contribution in [0, 0.1) is 11.3 Å². The molecule has 4 nitrogen and oxygen atoms in total. The number of anilines is 1. The SMILES string of the molecule is CN(CC1CCC1)c1cccc(C(=N)N)n1. The first-order chi connectivity index (χ1) is 7.66. The van der Waals surface area contributed by atoms with E-state index in [9.17, 15) is 0 Å². The number of aromatic nitrogens is 1. The van der Waals surface area contributed by atoms with Gasteiger partial charge in [-0.3, -0.25) is 5.41 Å². The van der Waals surface area contributed by atoms with Crippen LogP contribution in [0.25, 0.3) is 0 Å². The molecule has 0 radical (unpaired) electrons. The highest BCUT2D eigenvalue weighted by Gasteiger charge is 2.19. The summed E-state index contributed by atoms with van der Waals surface area (Å²) >= 11 is 0. The zero-order chi connectivity index (χ0) is 11.5. The average Bonchev–Trinajstić information content (AvgIpc) is 2.23. The Morgan fingerprint density at radius 2 is 2.31 bits per heavy atom. The van der Waals surface area contributed by atoms with Crippen molar-refractivity contribution >= 4 is 11.7 Å². The summed E-state index contributed by atoms with van der Waals surface area (Å²) in [4.78, 5) is 6.51. The van der Waals surface area contributed by atoms with E-state index in [1.165, 1.54) is 19.3 Å². The van der Waals surface area contributed by atoms with Crippen LogP contribution in [0.4, 0.5) is 5.82 Å². The standard InChI is InChI=1S/C12H18N4/c1-16(8-9-4-2-5-9)11-7-3-6-10(15-11)12(13)14/h3,6-7,9H,2,4-5,8H2,1H3,(H3,13,14). The summed E-state index contributed by atoms with van der Waals surface area (Å²) in [5.74, 6) is 1.74. The Morgan fingerprint density at radius 3 is 2.88 bits per heavy atom. The topological polar surface area (TPSA) is 66.0 Å². The number of nitrogens with one attached hydrogen (secondary N) is 1. The fourth-order valence-corrected chi connectivity index (χ4v) is 1.94. The molecule has 4 heteroatoms. The van der Waals surface area contributed by atoms with Crippen molar-refractivity contribution in [1.82, 2.24) is 4.98 Å². The first kappa shape index (κ1) is 10.9. The number of hydrogen-bond acceptors (Lipinski definition) is 3. The van der Waals surface area contributed by atoms with E-state index < -0.39 is 0 Å². The fraction of sp³-hybridized carbons (Fsp3) is 0.500. The zero-order valence-corrected chi connectivity index (χ0v) is 9.61. The minimum absolute atomic E-state index is 0.0268. The fourth-order valence-electron chi connectivity index (χ4n) is 1.94. The van der Waals surface area contributed by atoms with Crippen LogP contribution < -0.4 is 10.6 Å². The summed E-state index contributed by atoms with van der Waals surface area (Å²) in [5, 5.41) is 7.36. The highest BCUT2D eigenvalue weighted by Crippen LogP contribution is 2.27. The van der Waals surface area contributed by atoms with Crippen LogP contribution in [0.1, 0.15) is 25.0 Å². The van der Waals surface area contributed by atoms with E-state index >= 15 is 0 Å². The number of pyridine rings is 1. The third kappa shape index (κ3) is 2.32. The van der Waals surface area contributed by atoms with Gasteiger partial charge < -0.3 is 10.6 Å². The van der Waals surface area contributed by atoms with Crippen LogP contribution in [0.2, 0.25) is 0 Å². The van der Waals surface area contributed by atoms with Gasteiger partial charge in [0.25, 0.3) is 0 Å². The van der Waals surface area contributed by atoms with Gasteiger partial charge in [0.15, 0.2) is 0 Å². The largest absolute Gasteiger partial charge is 0.382 e. The molecule has 1 saturated carbocycles. The Hall–Kier alpha value is -1.58. The summed E-state index contributed by atoms with van der Waals surface area (Å²) in [6.07, 6.45) is 4.02. The van der Waals surface area contributed by atoms with E-state index in [4.69, 9.17) is 11.1 Å². The Labute approximate surface area is 96.0 Å². The lowest BCUT2D eigenvalue weighted by Crippen LogP contribution is -2.30. The van der Waals surface area contributed by atoms with Crippen molar-refractivity contribution in [3.8, 4) is 0 Å². The van der Waals surface area contributed by atoms with Crippen LogP contribution in [-0.2, 0) is 0 Å². The predicted molar refractivity (Wildman–Crippen MR) is 65.9 cm³/mol. The van der Waals surface area contributed by atoms with Gasteiger partial charge in [-0.05, 0) is 30.9 Å². The minimum Gasteiger partial charge on any atom is -0.382 e. The highest BCUT2D eigenvalue weighted by molar-refractivity contribution is 5.93. The van der Waals surface area contributed by atoms with E-state index in [0.717, 1.165) is 18.3 Å². The second-order valence-corrected chi connectivity index (χ2v) is 4.47. The van der Waals surface area contributed by atoms with Crippen molar-refractivity contribution in [2.24, 2.45) is 11.7 Å². The molecule has 2 rings (SSSR count). The maximum Gasteiger partial charge on any atom is 0.141 e. The first-order valence-corrected chi connectivity index (χ1v) is 5.69. The van der Waals surface area contributed by atoms with E-state index in [2.05, 4.69) is 9.88 Å². The number of nitrogens with zero attached hydrogens (tertiary/aromatic N) is 2. The van der Waals surface area contributed by atoms with E-state index in [0.29, 0.717) is 5.69 Å². The third-order valence-electron chi connectivity index (χ3n) is 3.16. The van der Waals surface area contributed by atoms with E-state index in [1.54, 1.807) is 6.07 Å². The average molecular weight is 218 g/mol. The van der Waals surface area contributed by atoms with Crippen LogP contribution in [-0.4, -0.2) is 24.4 Å². The molecule has 0 saturated heterocycles. The van der Waals surface area contributed by atoms with Gasteiger partial charge in [-0.25, -0.2) is 4.98 Å². The molecule has 1 fully saturated rings. The lowest BCUT2D eigenvalue weighted by atomic mass is 9.85. The van der Waals surface area contributed by atoms with Crippen LogP contribution in [0.15, 0.2) is 18.2 Å². The molecule has 1 aliphatic rings. The van der Waals surface area contributed by atoms with Crippen LogP contribution in [0.5, 0.6) is 0 Å². The maximum atomic E-state index is 7.36. The van der Waals surface area contributed by atoms with Crippen LogP contribution in [0.3, 0.4) is 0 Å². The smallest absolute Gasteiger partial charge is 0.141 e. The van der Waals surface area contributed by atoms with Crippen molar-refractivity contribution in [1.29, 1.82) is 5.41 Å². The molecule has 0 amide bonds. The maximum absolute atomic E-state index is 7.36. The Balaban J connectivity index is 2.06. The first-order valence-electron chi connectivity index (χ1n) is 5.69. The number of nitrogens with two attached hydrogens (primary N) is 1. The van der Waals surface area contributed by atoms with Crippen molar-refractivity contribution in [2.75, 3.05) is 18.5 Å². The highest BCUT2D eigenvalue weighted by atomic mass is 15.2. The predicted octanol–water partition coefficient (Wildman–Crippen LogP) is 1.60. The van der Waals surface area contributed by atoms with Gasteiger partial charge in [0.05, 0.1) is 0 Å². The summed E-state index contributed by atoms with van der Waals surface area (Å²) in [5.41, 5.74) is 5.98. The molecule has 16 heavy (non-hydrogen) atoms. The van der Waals surface area contributed by atoms with E-state index in [-0.39, 0.29) is 5.84 Å². The summed E-state index contributed by atoms with van der Waals surface area (Å²) < 4.78 is 0. The van der Waals surface area contributed by atoms with Crippen molar-refractivity contribution in [3.63, 3.8) is 0 Å². The summed E-state index contributed by atoms with van der Waals surface area (Å²) in [6.45, 7) is 1.05. The molecule has 1 aromatic heterocycles. The molecular formula is C12H18N4. The van der Waals surface area contributed by atoms with Crippen molar-refractivity contribution in [3.05, 3.63) is 23.9 Å². The second-order valence-electron chi connectivity index (χ2n) is 4.47. The van der Waals surface area contributed by atoms with E-state index in [1.807, 2.05) is 19.2 Å². The van der Waals surface area contributed by atoms with Crippen molar-refractivity contribution in [2.45, 2.75) is 19.3 Å². The lowest BCUT2D eigenvalue weighted by molar-refractivity contribution is 0.321. The van der Waals surface area contributed by atoms with Crippen LogP contribution >= 0.6 is 0 Å². The zero-order valence-electron chi connectivity index (χ0n) is 9.61. The summed E-state index contributed by atoms with van der Waals surface area (Å²) in [6, 6.07) is 5.63. The molecule has 86 valence electrons. The van der Waals surface area contributed by atoms with Gasteiger partial charge in [-0.15, -0.1) is 0 Å². The molecule has 0 bridgehead atoms. The Kier molecular flexibility index (Phi) is 3.08. The molecule has 1 heterocycles. The third-order valence-corrected chi connectivity index (χ3v) is 3.16. The van der Waals surface area contributed by atoms with Gasteiger partial charge >= 0.3 is 0 Å². The second kappa shape index (κ2) is 4.51. The molecular weight excluding hydrogens is 200 g/mol. The Morgan fingerprint density at radius 1 is 1.56 bits per heavy atom.